The monoisotopic (exact) mass is 346 g/mol. The lowest BCUT2D eigenvalue weighted by Crippen LogP contribution is -2.41. The lowest BCUT2D eigenvalue weighted by molar-refractivity contribution is -0.139. The van der Waals surface area contributed by atoms with Gasteiger partial charge in [-0.3, -0.25) is 9.20 Å². The molecule has 132 valence electrons. The molecule has 1 saturated heterocycles. The van der Waals surface area contributed by atoms with Crippen LogP contribution in [0.1, 0.15) is 38.2 Å². The summed E-state index contributed by atoms with van der Waals surface area (Å²) in [7, 11) is -0.677. The van der Waals surface area contributed by atoms with Gasteiger partial charge in [0.1, 0.15) is 5.69 Å². The van der Waals surface area contributed by atoms with E-state index in [0.29, 0.717) is 23.1 Å². The zero-order chi connectivity index (χ0) is 18.4. The van der Waals surface area contributed by atoms with Crippen molar-refractivity contribution in [3.8, 4) is 5.75 Å². The Labute approximate surface area is 144 Å². The molecule has 0 atom stereocenters. The van der Waals surface area contributed by atoms with E-state index >= 15 is 0 Å². The van der Waals surface area contributed by atoms with E-state index in [4.69, 9.17) is 19.2 Å². The highest BCUT2D eigenvalue weighted by Gasteiger charge is 2.52. The van der Waals surface area contributed by atoms with E-state index in [1.165, 1.54) is 10.6 Å². The van der Waals surface area contributed by atoms with E-state index in [1.807, 2.05) is 27.7 Å². The third-order valence-corrected chi connectivity index (χ3v) is 4.62. The Balaban J connectivity index is 2.06. The van der Waals surface area contributed by atoms with Crippen LogP contribution in [0.15, 0.2) is 18.5 Å². The number of nitrogens with zero attached hydrogens (tertiary/aromatic N) is 2. The molecule has 25 heavy (non-hydrogen) atoms. The van der Waals surface area contributed by atoms with Crippen LogP contribution in [0.5, 0.6) is 5.75 Å². The molecule has 0 amide bonds. The number of fused-ring (bicyclic) bond motifs is 1. The van der Waals surface area contributed by atoms with Gasteiger partial charge < -0.3 is 19.2 Å². The van der Waals surface area contributed by atoms with Crippen molar-refractivity contribution < 1.29 is 28.7 Å². The Morgan fingerprint density at radius 2 is 2.00 bits per heavy atom. The van der Waals surface area contributed by atoms with E-state index in [1.54, 1.807) is 12.3 Å². The van der Waals surface area contributed by atoms with Crippen LogP contribution in [-0.4, -0.2) is 51.7 Å². The highest BCUT2D eigenvalue weighted by Crippen LogP contribution is 2.36. The third kappa shape index (κ3) is 3.00. The summed E-state index contributed by atoms with van der Waals surface area (Å²) in [5.41, 5.74) is 0.207. The molecule has 8 nitrogen and oxygen atoms in total. The normalized spacial score (nSPS) is 18.5. The number of hydrogen-bond donors (Lipinski definition) is 1. The van der Waals surface area contributed by atoms with Gasteiger partial charge in [0.2, 0.25) is 0 Å². The zero-order valence-corrected chi connectivity index (χ0v) is 14.5. The number of carbonyl (C=O) groups excluding carboxylic acids is 1. The number of aromatic nitrogens is 2. The predicted molar refractivity (Wildman–Crippen MR) is 89.4 cm³/mol. The van der Waals surface area contributed by atoms with Crippen LogP contribution in [-0.2, 0) is 14.1 Å². The van der Waals surface area contributed by atoms with Crippen molar-refractivity contribution in [1.29, 1.82) is 0 Å². The predicted octanol–water partition coefficient (Wildman–Crippen LogP) is 0.909. The molecule has 0 saturated carbocycles. The summed E-state index contributed by atoms with van der Waals surface area (Å²) < 4.78 is 18.9. The second kappa shape index (κ2) is 5.85. The number of carboxylic acids is 1. The Bertz CT molecular complexity index is 829. The first-order chi connectivity index (χ1) is 11.6. The number of ether oxygens (including phenoxy) is 1. The number of carboxylic acid groups (broad SMARTS) is 1. The quantitative estimate of drug-likeness (QED) is 0.634. The first-order valence-electron chi connectivity index (χ1n) is 7.81. The van der Waals surface area contributed by atoms with Crippen molar-refractivity contribution in [3.05, 3.63) is 24.2 Å². The molecule has 0 bridgehead atoms. The summed E-state index contributed by atoms with van der Waals surface area (Å²) in [5, 5.41) is 8.86. The molecule has 1 aliphatic heterocycles. The minimum absolute atomic E-state index is 0.239. The summed E-state index contributed by atoms with van der Waals surface area (Å²) in [4.78, 5) is 26.2. The fraction of sp³-hybridized carbons (Fsp3) is 0.438. The molecule has 1 aliphatic rings. The number of aliphatic carboxylic acids is 1. The van der Waals surface area contributed by atoms with Gasteiger partial charge >= 0.3 is 13.1 Å². The summed E-state index contributed by atoms with van der Waals surface area (Å²) in [6.45, 7) is 7.21. The van der Waals surface area contributed by atoms with Gasteiger partial charge in [-0.2, -0.15) is 0 Å². The maximum atomic E-state index is 11.2. The molecule has 0 spiro atoms. The fourth-order valence-corrected chi connectivity index (χ4v) is 2.54. The van der Waals surface area contributed by atoms with Gasteiger partial charge in [0, 0.05) is 11.7 Å². The van der Waals surface area contributed by atoms with E-state index in [0.717, 1.165) is 0 Å². The molecule has 3 heterocycles. The molecule has 3 rings (SSSR count). The average Bonchev–Trinajstić information content (AvgIpc) is 3.02. The molecule has 0 aromatic carbocycles. The van der Waals surface area contributed by atoms with Crippen LogP contribution in [0, 0.1) is 0 Å². The fourth-order valence-electron chi connectivity index (χ4n) is 2.54. The van der Waals surface area contributed by atoms with Crippen molar-refractivity contribution in [2.45, 2.75) is 38.9 Å². The van der Waals surface area contributed by atoms with Crippen LogP contribution in [0.3, 0.4) is 0 Å². The highest BCUT2D eigenvalue weighted by molar-refractivity contribution is 6.62. The van der Waals surface area contributed by atoms with Crippen molar-refractivity contribution in [2.24, 2.45) is 0 Å². The van der Waals surface area contributed by atoms with Crippen molar-refractivity contribution in [3.63, 3.8) is 0 Å². The van der Waals surface area contributed by atoms with Gasteiger partial charge in [-0.1, -0.05) is 0 Å². The van der Waals surface area contributed by atoms with Crippen LogP contribution < -0.4 is 10.2 Å². The third-order valence-electron chi connectivity index (χ3n) is 4.62. The number of pyridine rings is 1. The summed E-state index contributed by atoms with van der Waals surface area (Å²) in [6.07, 6.45) is 3.74. The van der Waals surface area contributed by atoms with E-state index in [9.17, 15) is 9.59 Å². The topological polar surface area (TPSA) is 99.4 Å². The second-order valence-corrected chi connectivity index (χ2v) is 6.90. The SMILES string of the molecule is CC1(C)OB(c2cc(OCC(=O)O)c3ncc(C=O)n3c2)OC1(C)C. The lowest BCUT2D eigenvalue weighted by Gasteiger charge is -2.32. The smallest absolute Gasteiger partial charge is 0.479 e. The first-order valence-corrected chi connectivity index (χ1v) is 7.81. The van der Waals surface area contributed by atoms with E-state index in [-0.39, 0.29) is 5.75 Å². The number of aldehydes is 1. The molecule has 1 N–H and O–H groups in total. The van der Waals surface area contributed by atoms with Gasteiger partial charge in [-0.05, 0) is 33.8 Å². The second-order valence-electron chi connectivity index (χ2n) is 6.90. The van der Waals surface area contributed by atoms with Crippen LogP contribution in [0.2, 0.25) is 0 Å². The molecule has 9 heteroatoms. The highest BCUT2D eigenvalue weighted by atomic mass is 16.7. The first kappa shape index (κ1) is 17.4. The van der Waals surface area contributed by atoms with Gasteiger partial charge in [0.05, 0.1) is 17.4 Å². The summed E-state index contributed by atoms with van der Waals surface area (Å²) >= 11 is 0. The molecule has 1 fully saturated rings. The zero-order valence-electron chi connectivity index (χ0n) is 14.5. The van der Waals surface area contributed by atoms with Crippen LogP contribution in [0.4, 0.5) is 0 Å². The molecular formula is C16H19BN2O6. The molecule has 2 aromatic heterocycles. The number of carbonyl (C=O) groups is 2. The van der Waals surface area contributed by atoms with Gasteiger partial charge in [-0.25, -0.2) is 9.78 Å². The minimum atomic E-state index is -1.11. The van der Waals surface area contributed by atoms with Crippen LogP contribution >= 0.6 is 0 Å². The molecular weight excluding hydrogens is 327 g/mol. The van der Waals surface area contributed by atoms with E-state index < -0.39 is 30.9 Å². The molecule has 0 aliphatic carbocycles. The summed E-state index contributed by atoms with van der Waals surface area (Å²) in [5.74, 6) is -0.871. The Morgan fingerprint density at radius 1 is 1.36 bits per heavy atom. The molecule has 0 radical (unpaired) electrons. The lowest BCUT2D eigenvalue weighted by atomic mass is 9.80. The summed E-state index contributed by atoms with van der Waals surface area (Å²) in [6, 6.07) is 1.63. The van der Waals surface area contributed by atoms with Crippen molar-refractivity contribution in [2.75, 3.05) is 6.61 Å². The standard InChI is InChI=1S/C16H19BN2O6/c1-15(2)16(3,4)25-17(24-15)10-5-12(23-9-13(21)22)14-18-6-11(8-20)19(14)7-10/h5-8H,9H2,1-4H3,(H,21,22). The number of imidazole rings is 1. The molecule has 2 aromatic rings. The Hall–Kier alpha value is -2.39. The average molecular weight is 346 g/mol. The maximum absolute atomic E-state index is 11.2. The Kier molecular flexibility index (Phi) is 4.08. The molecule has 0 unspecified atom stereocenters. The van der Waals surface area contributed by atoms with Crippen molar-refractivity contribution >= 4 is 30.5 Å². The van der Waals surface area contributed by atoms with Crippen LogP contribution in [0.25, 0.3) is 5.65 Å². The van der Waals surface area contributed by atoms with E-state index in [2.05, 4.69) is 4.98 Å². The Morgan fingerprint density at radius 3 is 2.56 bits per heavy atom. The number of hydrogen-bond acceptors (Lipinski definition) is 6. The van der Waals surface area contributed by atoms with Crippen molar-refractivity contribution in [1.82, 2.24) is 9.38 Å². The van der Waals surface area contributed by atoms with Gasteiger partial charge in [0.25, 0.3) is 0 Å². The maximum Gasteiger partial charge on any atom is 0.496 e. The van der Waals surface area contributed by atoms with Gasteiger partial charge in [0.15, 0.2) is 24.3 Å². The minimum Gasteiger partial charge on any atom is -0.479 e. The largest absolute Gasteiger partial charge is 0.496 e. The number of rotatable bonds is 5. The van der Waals surface area contributed by atoms with Gasteiger partial charge in [-0.15, -0.1) is 0 Å².